The van der Waals surface area contributed by atoms with Crippen molar-refractivity contribution >= 4 is 23.1 Å². The molecule has 0 aliphatic heterocycles. The Labute approximate surface area is 182 Å². The van der Waals surface area contributed by atoms with Gasteiger partial charge in [-0.2, -0.15) is 9.78 Å². The van der Waals surface area contributed by atoms with Crippen LogP contribution in [0.2, 0.25) is 0 Å². The number of rotatable bonds is 7. The lowest BCUT2D eigenvalue weighted by Gasteiger charge is -2.19. The molecule has 12 heteroatoms. The number of para-hydroxylation sites is 1. The Morgan fingerprint density at radius 2 is 1.97 bits per heavy atom. The molecule has 1 aromatic carbocycles. The quantitative estimate of drug-likeness (QED) is 0.326. The second-order valence-corrected chi connectivity index (χ2v) is 6.81. The lowest BCUT2D eigenvalue weighted by atomic mass is 10.2. The molecule has 0 spiro atoms. The third-order valence-electron chi connectivity index (χ3n) is 4.62. The minimum Gasteiger partial charge on any atom is -0.378 e. The van der Waals surface area contributed by atoms with E-state index < -0.39 is 5.91 Å². The summed E-state index contributed by atoms with van der Waals surface area (Å²) in [5.74, 6) is -0.381. The Bertz CT molecular complexity index is 1230. The van der Waals surface area contributed by atoms with Crippen LogP contribution in [0.3, 0.4) is 0 Å². The SMILES string of the molecule is C/C(=N\NC(=O)c1nnn(-c2nonc2N)c1CN(C)c1ccccc1)c1ccccn1. The highest BCUT2D eigenvalue weighted by molar-refractivity contribution is 5.99. The number of nitrogen functional groups attached to an aromatic ring is 1. The van der Waals surface area contributed by atoms with Crippen LogP contribution in [0, 0.1) is 0 Å². The summed E-state index contributed by atoms with van der Waals surface area (Å²) in [6.07, 6.45) is 1.65. The molecule has 3 aromatic heterocycles. The van der Waals surface area contributed by atoms with Crippen molar-refractivity contribution in [2.45, 2.75) is 13.5 Å². The van der Waals surface area contributed by atoms with Gasteiger partial charge in [0.25, 0.3) is 5.91 Å². The van der Waals surface area contributed by atoms with Crippen molar-refractivity contribution in [3.63, 3.8) is 0 Å². The van der Waals surface area contributed by atoms with Gasteiger partial charge in [-0.15, -0.1) is 5.10 Å². The van der Waals surface area contributed by atoms with Gasteiger partial charge in [0.15, 0.2) is 5.69 Å². The van der Waals surface area contributed by atoms with Gasteiger partial charge in [-0.3, -0.25) is 9.78 Å². The van der Waals surface area contributed by atoms with Crippen molar-refractivity contribution in [3.05, 3.63) is 71.8 Å². The van der Waals surface area contributed by atoms with Crippen molar-refractivity contribution in [2.75, 3.05) is 17.7 Å². The van der Waals surface area contributed by atoms with E-state index in [0.717, 1.165) is 5.69 Å². The third kappa shape index (κ3) is 4.28. The maximum atomic E-state index is 12.9. The number of carbonyl (C=O) groups excluding carboxylic acids is 1. The van der Waals surface area contributed by atoms with Crippen molar-refractivity contribution in [3.8, 4) is 5.82 Å². The second-order valence-electron chi connectivity index (χ2n) is 6.81. The van der Waals surface area contributed by atoms with E-state index in [-0.39, 0.29) is 23.9 Å². The van der Waals surface area contributed by atoms with Gasteiger partial charge in [0.1, 0.15) is 0 Å². The summed E-state index contributed by atoms with van der Waals surface area (Å²) in [7, 11) is 1.88. The summed E-state index contributed by atoms with van der Waals surface area (Å²) in [6.45, 7) is 2.01. The molecule has 0 atom stereocenters. The summed E-state index contributed by atoms with van der Waals surface area (Å²) in [4.78, 5) is 19.1. The molecule has 0 bridgehead atoms. The zero-order chi connectivity index (χ0) is 22.5. The molecule has 12 nitrogen and oxygen atoms in total. The van der Waals surface area contributed by atoms with Crippen molar-refractivity contribution in [1.29, 1.82) is 0 Å². The number of nitrogens with zero attached hydrogens (tertiary/aromatic N) is 8. The highest BCUT2D eigenvalue weighted by Gasteiger charge is 2.25. The molecule has 162 valence electrons. The zero-order valence-electron chi connectivity index (χ0n) is 17.4. The van der Waals surface area contributed by atoms with Crippen LogP contribution < -0.4 is 16.1 Å². The molecule has 0 unspecified atom stereocenters. The molecule has 0 aliphatic rings. The van der Waals surface area contributed by atoms with Gasteiger partial charge in [0.05, 0.1) is 23.6 Å². The summed E-state index contributed by atoms with van der Waals surface area (Å²) in [6, 6.07) is 15.1. The van der Waals surface area contributed by atoms with Crippen molar-refractivity contribution in [2.24, 2.45) is 5.10 Å². The molecule has 0 saturated carbocycles. The van der Waals surface area contributed by atoms with E-state index in [1.54, 1.807) is 25.3 Å². The van der Waals surface area contributed by atoms with Crippen LogP contribution in [0.4, 0.5) is 11.5 Å². The van der Waals surface area contributed by atoms with Crippen molar-refractivity contribution in [1.82, 2.24) is 35.7 Å². The van der Waals surface area contributed by atoms with Crippen LogP contribution in [0.25, 0.3) is 5.82 Å². The monoisotopic (exact) mass is 432 g/mol. The molecule has 4 aromatic rings. The van der Waals surface area contributed by atoms with E-state index in [2.05, 4.69) is 40.8 Å². The zero-order valence-corrected chi connectivity index (χ0v) is 17.4. The lowest BCUT2D eigenvalue weighted by Crippen LogP contribution is -2.25. The second kappa shape index (κ2) is 9.04. The maximum absolute atomic E-state index is 12.9. The number of benzene rings is 1. The van der Waals surface area contributed by atoms with E-state index in [0.29, 0.717) is 17.1 Å². The predicted molar refractivity (Wildman–Crippen MR) is 116 cm³/mol. The Morgan fingerprint density at radius 3 is 2.66 bits per heavy atom. The fraction of sp³-hybridized carbons (Fsp3) is 0.150. The maximum Gasteiger partial charge on any atom is 0.293 e. The van der Waals surface area contributed by atoms with Gasteiger partial charge in [-0.05, 0) is 41.5 Å². The highest BCUT2D eigenvalue weighted by Crippen LogP contribution is 2.20. The van der Waals surface area contributed by atoms with E-state index in [1.165, 1.54) is 4.68 Å². The first-order valence-corrected chi connectivity index (χ1v) is 9.59. The number of hydrogen-bond donors (Lipinski definition) is 2. The fourth-order valence-electron chi connectivity index (χ4n) is 2.95. The first-order chi connectivity index (χ1) is 15.5. The number of aromatic nitrogens is 6. The predicted octanol–water partition coefficient (Wildman–Crippen LogP) is 1.42. The van der Waals surface area contributed by atoms with Gasteiger partial charge in [-0.1, -0.05) is 29.5 Å². The first-order valence-electron chi connectivity index (χ1n) is 9.59. The molecule has 3 heterocycles. The van der Waals surface area contributed by atoms with E-state index in [9.17, 15) is 4.79 Å². The standard InChI is InChI=1S/C20H20N10O2/c1-13(15-10-6-7-11-22-15)23-25-20(31)17-16(12-29(2)14-8-4-3-5-9-14)30(28-24-17)19-18(21)26-32-27-19/h3-11H,12H2,1-2H3,(H2,21,26)(H,25,31)/b23-13+. The highest BCUT2D eigenvalue weighted by atomic mass is 16.6. The van der Waals surface area contributed by atoms with Crippen LogP contribution in [0.1, 0.15) is 28.8 Å². The van der Waals surface area contributed by atoms with E-state index in [4.69, 9.17) is 5.73 Å². The number of anilines is 2. The van der Waals surface area contributed by atoms with Gasteiger partial charge >= 0.3 is 0 Å². The largest absolute Gasteiger partial charge is 0.378 e. The molecule has 32 heavy (non-hydrogen) atoms. The molecule has 0 aliphatic carbocycles. The minimum atomic E-state index is -0.544. The van der Waals surface area contributed by atoms with E-state index in [1.807, 2.05) is 48.3 Å². The molecule has 0 saturated heterocycles. The molecule has 0 fully saturated rings. The molecule has 3 N–H and O–H groups in total. The first kappa shape index (κ1) is 20.7. The summed E-state index contributed by atoms with van der Waals surface area (Å²) in [5.41, 5.74) is 10.9. The number of nitrogens with two attached hydrogens (primary N) is 1. The minimum absolute atomic E-state index is 0.0227. The topological polar surface area (TPSA) is 153 Å². The molecular weight excluding hydrogens is 412 g/mol. The molecule has 0 radical (unpaired) electrons. The summed E-state index contributed by atoms with van der Waals surface area (Å²) < 4.78 is 6.01. The van der Waals surface area contributed by atoms with E-state index >= 15 is 0 Å². The molecule has 4 rings (SSSR count). The fourth-order valence-corrected chi connectivity index (χ4v) is 2.95. The number of pyridine rings is 1. The number of hydrazone groups is 1. The molecule has 1 amide bonds. The number of nitrogens with one attached hydrogen (secondary N) is 1. The Hall–Kier alpha value is -4.61. The third-order valence-corrected chi connectivity index (χ3v) is 4.62. The number of carbonyl (C=O) groups is 1. The van der Waals surface area contributed by atoms with Gasteiger partial charge in [0, 0.05) is 18.9 Å². The van der Waals surface area contributed by atoms with Crippen LogP contribution in [0.5, 0.6) is 0 Å². The van der Waals surface area contributed by atoms with Crippen LogP contribution in [0.15, 0.2) is 64.5 Å². The van der Waals surface area contributed by atoms with Crippen LogP contribution >= 0.6 is 0 Å². The molecular formula is C20H20N10O2. The Morgan fingerprint density at radius 1 is 1.19 bits per heavy atom. The smallest absolute Gasteiger partial charge is 0.293 e. The lowest BCUT2D eigenvalue weighted by molar-refractivity contribution is 0.0948. The van der Waals surface area contributed by atoms with Crippen LogP contribution in [-0.2, 0) is 6.54 Å². The Balaban J connectivity index is 1.65. The van der Waals surface area contributed by atoms with Gasteiger partial charge < -0.3 is 10.6 Å². The average Bonchev–Trinajstić information content (AvgIpc) is 3.44. The number of hydrogen-bond acceptors (Lipinski definition) is 10. The van der Waals surface area contributed by atoms with Crippen LogP contribution in [-0.4, -0.2) is 49.0 Å². The Kier molecular flexibility index (Phi) is 5.83. The number of amides is 1. The van der Waals surface area contributed by atoms with Gasteiger partial charge in [-0.25, -0.2) is 10.1 Å². The summed E-state index contributed by atoms with van der Waals surface area (Å²) in [5, 5.41) is 19.6. The summed E-state index contributed by atoms with van der Waals surface area (Å²) >= 11 is 0. The van der Waals surface area contributed by atoms with Gasteiger partial charge in [0.2, 0.25) is 11.6 Å². The van der Waals surface area contributed by atoms with Crippen molar-refractivity contribution < 1.29 is 9.42 Å². The normalized spacial score (nSPS) is 11.4. The average molecular weight is 432 g/mol.